The largest absolute Gasteiger partial charge is 0.493 e. The molecule has 0 saturated carbocycles. The topological polar surface area (TPSA) is 18.5 Å². The molecule has 0 aliphatic carbocycles. The third-order valence-electron chi connectivity index (χ3n) is 3.06. The maximum Gasteiger partial charge on any atom is 0.127 e. The zero-order chi connectivity index (χ0) is 13.5. The molecule has 0 aromatic heterocycles. The van der Waals surface area contributed by atoms with Crippen LogP contribution in [0.4, 0.5) is 0 Å². The third-order valence-corrected chi connectivity index (χ3v) is 3.06. The molecule has 0 fully saturated rings. The molecular weight excluding hydrogens is 236 g/mol. The van der Waals surface area contributed by atoms with Crippen LogP contribution in [0.5, 0.6) is 11.5 Å². The molecule has 0 amide bonds. The van der Waals surface area contributed by atoms with Crippen molar-refractivity contribution in [3.05, 3.63) is 36.4 Å². The molecule has 0 spiro atoms. The highest BCUT2D eigenvalue weighted by atomic mass is 16.5. The van der Waals surface area contributed by atoms with Gasteiger partial charge < -0.3 is 9.47 Å². The van der Waals surface area contributed by atoms with Crippen molar-refractivity contribution in [3.63, 3.8) is 0 Å². The summed E-state index contributed by atoms with van der Waals surface area (Å²) in [6.45, 7) is 5.81. The predicted molar refractivity (Wildman–Crippen MR) is 80.1 cm³/mol. The molecule has 0 radical (unpaired) electrons. The number of ether oxygens (including phenoxy) is 2. The van der Waals surface area contributed by atoms with Crippen LogP contribution in [0.2, 0.25) is 0 Å². The van der Waals surface area contributed by atoms with Crippen molar-refractivity contribution in [2.24, 2.45) is 0 Å². The molecule has 19 heavy (non-hydrogen) atoms. The van der Waals surface area contributed by atoms with Crippen molar-refractivity contribution in [3.8, 4) is 11.5 Å². The molecule has 0 aliphatic rings. The number of fused-ring (bicyclic) bond motifs is 1. The summed E-state index contributed by atoms with van der Waals surface area (Å²) in [5.74, 6) is 1.90. The summed E-state index contributed by atoms with van der Waals surface area (Å²) >= 11 is 0. The second-order valence-corrected chi connectivity index (χ2v) is 4.66. The van der Waals surface area contributed by atoms with Gasteiger partial charge in [-0.05, 0) is 25.0 Å². The van der Waals surface area contributed by atoms with Crippen LogP contribution in [0.3, 0.4) is 0 Å². The van der Waals surface area contributed by atoms with Gasteiger partial charge in [0.05, 0.1) is 13.2 Å². The Labute approximate surface area is 115 Å². The lowest BCUT2D eigenvalue weighted by molar-refractivity contribution is 0.309. The van der Waals surface area contributed by atoms with E-state index in [4.69, 9.17) is 9.47 Å². The molecule has 102 valence electrons. The van der Waals surface area contributed by atoms with E-state index in [1.165, 1.54) is 0 Å². The normalized spacial score (nSPS) is 10.6. The molecule has 0 aliphatic heterocycles. The highest BCUT2D eigenvalue weighted by Crippen LogP contribution is 2.33. The molecule has 0 N–H and O–H groups in total. The van der Waals surface area contributed by atoms with E-state index in [0.717, 1.165) is 54.7 Å². The molecule has 2 rings (SSSR count). The van der Waals surface area contributed by atoms with E-state index >= 15 is 0 Å². The summed E-state index contributed by atoms with van der Waals surface area (Å²) in [5.41, 5.74) is 0. The van der Waals surface area contributed by atoms with Crippen LogP contribution in [0.1, 0.15) is 33.1 Å². The molecule has 2 nitrogen and oxygen atoms in total. The minimum atomic E-state index is 0.750. The van der Waals surface area contributed by atoms with E-state index in [1.54, 1.807) is 0 Å². The average molecular weight is 258 g/mol. The number of benzene rings is 2. The lowest BCUT2D eigenvalue weighted by atomic mass is 10.1. The van der Waals surface area contributed by atoms with E-state index in [2.05, 4.69) is 26.0 Å². The predicted octanol–water partition coefficient (Wildman–Crippen LogP) is 4.81. The highest BCUT2D eigenvalue weighted by molar-refractivity contribution is 5.93. The minimum absolute atomic E-state index is 0.750. The SMILES string of the molecule is CCCCOc1ccc(OCCC)c2ccccc12. The van der Waals surface area contributed by atoms with E-state index in [0.29, 0.717) is 0 Å². The summed E-state index contributed by atoms with van der Waals surface area (Å²) in [4.78, 5) is 0. The maximum atomic E-state index is 5.86. The molecule has 0 bridgehead atoms. The van der Waals surface area contributed by atoms with Crippen LogP contribution < -0.4 is 9.47 Å². The van der Waals surface area contributed by atoms with Crippen LogP contribution in [-0.4, -0.2) is 13.2 Å². The Morgan fingerprint density at radius 3 is 1.84 bits per heavy atom. The van der Waals surface area contributed by atoms with Gasteiger partial charge in [0.15, 0.2) is 0 Å². The Morgan fingerprint density at radius 1 is 0.737 bits per heavy atom. The van der Waals surface area contributed by atoms with Gasteiger partial charge in [0.2, 0.25) is 0 Å². The molecule has 2 aromatic rings. The van der Waals surface area contributed by atoms with Gasteiger partial charge in [-0.3, -0.25) is 0 Å². The zero-order valence-electron chi connectivity index (χ0n) is 11.8. The van der Waals surface area contributed by atoms with Crippen molar-refractivity contribution in [2.75, 3.05) is 13.2 Å². The fraction of sp³-hybridized carbons (Fsp3) is 0.412. The summed E-state index contributed by atoms with van der Waals surface area (Å²) in [6, 6.07) is 12.3. The Bertz CT molecular complexity index is 520. The molecule has 0 saturated heterocycles. The van der Waals surface area contributed by atoms with E-state index in [9.17, 15) is 0 Å². The van der Waals surface area contributed by atoms with Crippen molar-refractivity contribution < 1.29 is 9.47 Å². The van der Waals surface area contributed by atoms with E-state index in [1.807, 2.05) is 24.3 Å². The smallest absolute Gasteiger partial charge is 0.127 e. The lowest BCUT2D eigenvalue weighted by Crippen LogP contribution is -1.99. The zero-order valence-corrected chi connectivity index (χ0v) is 11.8. The first-order valence-corrected chi connectivity index (χ1v) is 7.14. The van der Waals surface area contributed by atoms with Crippen molar-refractivity contribution in [1.82, 2.24) is 0 Å². The Balaban J connectivity index is 2.29. The van der Waals surface area contributed by atoms with Gasteiger partial charge in [-0.2, -0.15) is 0 Å². The number of rotatable bonds is 7. The van der Waals surface area contributed by atoms with Gasteiger partial charge in [-0.25, -0.2) is 0 Å². The third kappa shape index (κ3) is 3.40. The molecular formula is C17H22O2. The van der Waals surface area contributed by atoms with Crippen molar-refractivity contribution >= 4 is 10.8 Å². The second kappa shape index (κ2) is 7.03. The molecule has 0 atom stereocenters. The fourth-order valence-corrected chi connectivity index (χ4v) is 2.03. The van der Waals surface area contributed by atoms with Crippen molar-refractivity contribution in [2.45, 2.75) is 33.1 Å². The van der Waals surface area contributed by atoms with Crippen LogP contribution in [0.25, 0.3) is 10.8 Å². The highest BCUT2D eigenvalue weighted by Gasteiger charge is 2.07. The van der Waals surface area contributed by atoms with Gasteiger partial charge in [0.1, 0.15) is 11.5 Å². The van der Waals surface area contributed by atoms with Gasteiger partial charge >= 0.3 is 0 Å². The Kier molecular flexibility index (Phi) is 5.08. The summed E-state index contributed by atoms with van der Waals surface area (Å²) in [5, 5.41) is 2.26. The fourth-order valence-electron chi connectivity index (χ4n) is 2.03. The minimum Gasteiger partial charge on any atom is -0.493 e. The van der Waals surface area contributed by atoms with Crippen LogP contribution in [0.15, 0.2) is 36.4 Å². The summed E-state index contributed by atoms with van der Waals surface area (Å²) in [6.07, 6.45) is 3.25. The number of hydrogen-bond acceptors (Lipinski definition) is 2. The van der Waals surface area contributed by atoms with Crippen LogP contribution in [-0.2, 0) is 0 Å². The molecule has 0 unspecified atom stereocenters. The first kappa shape index (κ1) is 13.7. The molecule has 2 aromatic carbocycles. The first-order valence-electron chi connectivity index (χ1n) is 7.14. The first-order chi connectivity index (χ1) is 9.36. The lowest BCUT2D eigenvalue weighted by Gasteiger charge is -2.13. The van der Waals surface area contributed by atoms with Gasteiger partial charge in [-0.15, -0.1) is 0 Å². The summed E-state index contributed by atoms with van der Waals surface area (Å²) in [7, 11) is 0. The number of hydrogen-bond donors (Lipinski definition) is 0. The Morgan fingerprint density at radius 2 is 1.32 bits per heavy atom. The average Bonchev–Trinajstić information content (AvgIpc) is 2.46. The Hall–Kier alpha value is -1.70. The van der Waals surface area contributed by atoms with Crippen molar-refractivity contribution in [1.29, 1.82) is 0 Å². The second-order valence-electron chi connectivity index (χ2n) is 4.66. The monoisotopic (exact) mass is 258 g/mol. The standard InChI is InChI=1S/C17H22O2/c1-3-5-13-19-17-11-10-16(18-12-4-2)14-8-6-7-9-15(14)17/h6-11H,3-5,12-13H2,1-2H3. The van der Waals surface area contributed by atoms with Crippen LogP contribution >= 0.6 is 0 Å². The van der Waals surface area contributed by atoms with Crippen LogP contribution in [0, 0.1) is 0 Å². The van der Waals surface area contributed by atoms with E-state index in [-0.39, 0.29) is 0 Å². The molecule has 2 heteroatoms. The van der Waals surface area contributed by atoms with E-state index < -0.39 is 0 Å². The molecule has 0 heterocycles. The van der Waals surface area contributed by atoms with Gasteiger partial charge in [-0.1, -0.05) is 44.5 Å². The maximum absolute atomic E-state index is 5.86. The quantitative estimate of drug-likeness (QED) is 0.664. The summed E-state index contributed by atoms with van der Waals surface area (Å²) < 4.78 is 11.7. The number of unbranched alkanes of at least 4 members (excludes halogenated alkanes) is 1. The van der Waals surface area contributed by atoms with Gasteiger partial charge in [0.25, 0.3) is 0 Å². The van der Waals surface area contributed by atoms with Gasteiger partial charge in [0, 0.05) is 10.8 Å².